The third-order valence-electron chi connectivity index (χ3n) is 7.34. The highest BCUT2D eigenvalue weighted by molar-refractivity contribution is 7.90. The monoisotopic (exact) mass is 423 g/mol. The summed E-state index contributed by atoms with van der Waals surface area (Å²) >= 11 is 1.47. The molecular formula is C22H21N3O2S2. The summed E-state index contributed by atoms with van der Waals surface area (Å²) in [6.45, 7) is 0. The van der Waals surface area contributed by atoms with Crippen molar-refractivity contribution in [3.8, 4) is 6.07 Å². The van der Waals surface area contributed by atoms with E-state index in [1.165, 1.54) is 49.9 Å². The van der Waals surface area contributed by atoms with E-state index in [0.717, 1.165) is 23.4 Å². The molecule has 7 heteroatoms. The Kier molecular flexibility index (Phi) is 3.61. The predicted octanol–water partition coefficient (Wildman–Crippen LogP) is 4.29. The van der Waals surface area contributed by atoms with Crippen LogP contribution in [0.4, 0.5) is 0 Å². The highest BCUT2D eigenvalue weighted by atomic mass is 32.2. The van der Waals surface area contributed by atoms with Crippen LogP contribution in [0, 0.1) is 29.1 Å². The van der Waals surface area contributed by atoms with Gasteiger partial charge in [-0.25, -0.2) is 13.4 Å². The lowest BCUT2D eigenvalue weighted by Crippen LogP contribution is -2.48. The van der Waals surface area contributed by atoms with Crippen LogP contribution < -0.4 is 4.72 Å². The van der Waals surface area contributed by atoms with E-state index >= 15 is 0 Å². The average Bonchev–Trinajstić information content (AvgIpc) is 3.26. The number of thiazole rings is 1. The number of hydrogen-bond acceptors (Lipinski definition) is 5. The molecule has 4 bridgehead atoms. The number of nitriles is 1. The van der Waals surface area contributed by atoms with E-state index in [0.29, 0.717) is 21.8 Å². The lowest BCUT2D eigenvalue weighted by atomic mass is 9.49. The first-order chi connectivity index (χ1) is 14.0. The molecule has 7 rings (SSSR count). The molecule has 1 aliphatic heterocycles. The zero-order chi connectivity index (χ0) is 19.8. The lowest BCUT2D eigenvalue weighted by Gasteiger charge is -2.56. The normalized spacial score (nSPS) is 35.1. The third kappa shape index (κ3) is 2.55. The molecule has 0 amide bonds. The minimum atomic E-state index is -3.63. The molecule has 148 valence electrons. The van der Waals surface area contributed by atoms with E-state index in [1.807, 2.05) is 0 Å². The Labute approximate surface area is 174 Å². The van der Waals surface area contributed by atoms with Gasteiger partial charge in [0.15, 0.2) is 0 Å². The van der Waals surface area contributed by atoms with Crippen molar-refractivity contribution in [2.24, 2.45) is 17.8 Å². The van der Waals surface area contributed by atoms with E-state index in [2.05, 4.69) is 16.2 Å². The van der Waals surface area contributed by atoms with Gasteiger partial charge < -0.3 is 0 Å². The molecule has 4 saturated carbocycles. The van der Waals surface area contributed by atoms with Gasteiger partial charge in [-0.2, -0.15) is 5.26 Å². The molecule has 1 N–H and O–H groups in total. The summed E-state index contributed by atoms with van der Waals surface area (Å²) in [6, 6.07) is 9.03. The second-order valence-electron chi connectivity index (χ2n) is 9.20. The van der Waals surface area contributed by atoms with Gasteiger partial charge in [0, 0.05) is 16.4 Å². The largest absolute Gasteiger partial charge is 0.277 e. The molecule has 2 aromatic rings. The predicted molar refractivity (Wildman–Crippen MR) is 111 cm³/mol. The molecular weight excluding hydrogens is 402 g/mol. The molecule has 0 unspecified atom stereocenters. The topological polar surface area (TPSA) is 82.9 Å². The van der Waals surface area contributed by atoms with Crippen LogP contribution in [0.3, 0.4) is 0 Å². The summed E-state index contributed by atoms with van der Waals surface area (Å²) in [5.74, 6) is 2.48. The molecule has 2 heterocycles. The van der Waals surface area contributed by atoms with Crippen molar-refractivity contribution < 1.29 is 8.42 Å². The third-order valence-corrected chi connectivity index (χ3v) is 9.61. The number of rotatable bonds is 2. The first-order valence-electron chi connectivity index (χ1n) is 10.2. The van der Waals surface area contributed by atoms with Crippen LogP contribution in [-0.4, -0.2) is 13.4 Å². The van der Waals surface area contributed by atoms with Gasteiger partial charge in [-0.15, -0.1) is 11.3 Å². The SMILES string of the molecule is N#CC(=C1NS(=O)(=O)c2ccccc21)c1nc(C23CC4CC(CC(C4)C2)C3)cs1. The molecule has 0 radical (unpaired) electrons. The fourth-order valence-electron chi connectivity index (χ4n) is 6.60. The Balaban J connectivity index is 1.44. The smallest absolute Gasteiger partial charge is 0.262 e. The summed E-state index contributed by atoms with van der Waals surface area (Å²) in [5.41, 5.74) is 2.52. The van der Waals surface area contributed by atoms with E-state index in [-0.39, 0.29) is 10.3 Å². The first-order valence-corrected chi connectivity index (χ1v) is 12.6. The van der Waals surface area contributed by atoms with Crippen molar-refractivity contribution in [3.63, 3.8) is 0 Å². The number of allylic oxidation sites excluding steroid dienone is 1. The lowest BCUT2D eigenvalue weighted by molar-refractivity contribution is -0.00694. The second kappa shape index (κ2) is 5.93. The van der Waals surface area contributed by atoms with E-state index < -0.39 is 10.0 Å². The Bertz CT molecular complexity index is 1170. The molecule has 1 aromatic heterocycles. The summed E-state index contributed by atoms with van der Waals surface area (Å²) in [5, 5.41) is 12.6. The van der Waals surface area contributed by atoms with Gasteiger partial charge in [0.1, 0.15) is 16.6 Å². The van der Waals surface area contributed by atoms with E-state index in [9.17, 15) is 13.7 Å². The van der Waals surface area contributed by atoms with Crippen LogP contribution in [0.15, 0.2) is 34.5 Å². The van der Waals surface area contributed by atoms with Crippen LogP contribution >= 0.6 is 11.3 Å². The van der Waals surface area contributed by atoms with Gasteiger partial charge in [0.2, 0.25) is 0 Å². The average molecular weight is 424 g/mol. The summed E-state index contributed by atoms with van der Waals surface area (Å²) in [6.07, 6.45) is 7.79. The molecule has 0 atom stereocenters. The molecule has 5 aliphatic rings. The standard InChI is InChI=1S/C22H21N3O2S2/c23-11-17(20-16-3-1-2-4-18(16)29(26,27)25-20)21-24-19(12-28-21)22-8-13-5-14(9-22)7-15(6-13)10-22/h1-4,12-15,25H,5-10H2. The zero-order valence-electron chi connectivity index (χ0n) is 15.9. The number of sulfonamides is 1. The minimum Gasteiger partial charge on any atom is -0.277 e. The van der Waals surface area contributed by atoms with Crippen molar-refractivity contribution in [1.82, 2.24) is 9.71 Å². The maximum atomic E-state index is 12.5. The van der Waals surface area contributed by atoms with Crippen molar-refractivity contribution in [2.75, 3.05) is 0 Å². The molecule has 29 heavy (non-hydrogen) atoms. The molecule has 4 aliphatic carbocycles. The van der Waals surface area contributed by atoms with E-state index in [4.69, 9.17) is 4.98 Å². The van der Waals surface area contributed by atoms with Gasteiger partial charge in [0.05, 0.1) is 16.3 Å². The number of nitrogens with zero attached hydrogens (tertiary/aromatic N) is 2. The highest BCUT2D eigenvalue weighted by Crippen LogP contribution is 2.60. The Morgan fingerprint density at radius 2 is 1.79 bits per heavy atom. The van der Waals surface area contributed by atoms with Gasteiger partial charge in [-0.3, -0.25) is 4.72 Å². The number of aromatic nitrogens is 1. The maximum Gasteiger partial charge on any atom is 0.262 e. The first kappa shape index (κ1) is 17.7. The van der Waals surface area contributed by atoms with Crippen molar-refractivity contribution in [2.45, 2.75) is 48.8 Å². The number of fused-ring (bicyclic) bond motifs is 1. The number of hydrogen-bond donors (Lipinski definition) is 1. The van der Waals surface area contributed by atoms with Gasteiger partial charge >= 0.3 is 0 Å². The zero-order valence-corrected chi connectivity index (χ0v) is 17.5. The van der Waals surface area contributed by atoms with Crippen LogP contribution in [0.1, 0.15) is 54.8 Å². The molecule has 0 saturated heterocycles. The number of nitrogens with one attached hydrogen (secondary N) is 1. The molecule has 1 aromatic carbocycles. The second-order valence-corrected chi connectivity index (χ2v) is 11.7. The van der Waals surface area contributed by atoms with Crippen molar-refractivity contribution in [1.29, 1.82) is 5.26 Å². The van der Waals surface area contributed by atoms with Crippen LogP contribution in [0.5, 0.6) is 0 Å². The minimum absolute atomic E-state index is 0.168. The van der Waals surface area contributed by atoms with Crippen molar-refractivity contribution >= 4 is 32.6 Å². The Morgan fingerprint density at radius 1 is 1.14 bits per heavy atom. The summed E-state index contributed by atoms with van der Waals surface area (Å²) in [7, 11) is -3.63. The van der Waals surface area contributed by atoms with Crippen LogP contribution in [0.25, 0.3) is 11.3 Å². The number of benzene rings is 1. The Morgan fingerprint density at radius 3 is 2.45 bits per heavy atom. The fraction of sp³-hybridized carbons (Fsp3) is 0.455. The molecule has 0 spiro atoms. The van der Waals surface area contributed by atoms with Crippen molar-refractivity contribution in [3.05, 3.63) is 45.9 Å². The maximum absolute atomic E-state index is 12.5. The Hall–Kier alpha value is -2.17. The highest BCUT2D eigenvalue weighted by Gasteiger charge is 2.52. The van der Waals surface area contributed by atoms with Gasteiger partial charge in [-0.05, 0) is 62.3 Å². The van der Waals surface area contributed by atoms with Crippen LogP contribution in [0.2, 0.25) is 0 Å². The summed E-state index contributed by atoms with van der Waals surface area (Å²) < 4.78 is 27.5. The quantitative estimate of drug-likeness (QED) is 0.730. The molecule has 4 fully saturated rings. The fourth-order valence-corrected chi connectivity index (χ4v) is 8.86. The summed E-state index contributed by atoms with van der Waals surface area (Å²) in [4.78, 5) is 5.16. The molecule has 5 nitrogen and oxygen atoms in total. The van der Waals surface area contributed by atoms with Gasteiger partial charge in [-0.1, -0.05) is 18.2 Å². The van der Waals surface area contributed by atoms with E-state index in [1.54, 1.807) is 24.3 Å². The van der Waals surface area contributed by atoms with Gasteiger partial charge in [0.25, 0.3) is 10.0 Å². The van der Waals surface area contributed by atoms with Crippen LogP contribution in [-0.2, 0) is 15.4 Å².